The molecule has 1 aromatic heterocycles. The smallest absolute Gasteiger partial charge is 0.338 e. The Morgan fingerprint density at radius 2 is 1.88 bits per heavy atom. The summed E-state index contributed by atoms with van der Waals surface area (Å²) in [6, 6.07) is 14.9. The molecule has 6 nitrogen and oxygen atoms in total. The van der Waals surface area contributed by atoms with E-state index in [-0.39, 0.29) is 12.0 Å². The van der Waals surface area contributed by atoms with E-state index in [4.69, 9.17) is 14.2 Å². The minimum absolute atomic E-state index is 0.0916. The second kappa shape index (κ2) is 9.47. The van der Waals surface area contributed by atoms with Crippen LogP contribution in [0.3, 0.4) is 0 Å². The van der Waals surface area contributed by atoms with E-state index in [0.29, 0.717) is 23.1 Å². The predicted octanol–water partition coefficient (Wildman–Crippen LogP) is 5.05. The van der Waals surface area contributed by atoms with Crippen LogP contribution in [0.15, 0.2) is 67.4 Å². The molecule has 0 aliphatic carbocycles. The van der Waals surface area contributed by atoms with Crippen molar-refractivity contribution in [1.29, 1.82) is 0 Å². The van der Waals surface area contributed by atoms with Gasteiger partial charge in [-0.2, -0.15) is 0 Å². The first-order valence-corrected chi connectivity index (χ1v) is 11.8. The van der Waals surface area contributed by atoms with Gasteiger partial charge in [-0.25, -0.2) is 4.79 Å². The largest absolute Gasteiger partial charge is 0.497 e. The molecular weight excluding hydrogens is 428 g/mol. The van der Waals surface area contributed by atoms with E-state index in [0.717, 1.165) is 48.1 Å². The second-order valence-corrected chi connectivity index (χ2v) is 9.08. The minimum Gasteiger partial charge on any atom is -0.497 e. The fourth-order valence-corrected chi connectivity index (χ4v) is 5.47. The van der Waals surface area contributed by atoms with Crippen molar-refractivity contribution >= 4 is 16.9 Å². The maximum absolute atomic E-state index is 13.3. The van der Waals surface area contributed by atoms with Gasteiger partial charge < -0.3 is 14.2 Å². The van der Waals surface area contributed by atoms with Crippen molar-refractivity contribution in [3.8, 4) is 11.5 Å². The predicted molar refractivity (Wildman–Crippen MR) is 131 cm³/mol. The van der Waals surface area contributed by atoms with Crippen LogP contribution in [0, 0.1) is 11.8 Å². The summed E-state index contributed by atoms with van der Waals surface area (Å²) >= 11 is 0. The molecule has 0 N–H and O–H groups in total. The lowest BCUT2D eigenvalue weighted by atomic mass is 9.73. The molecule has 3 fully saturated rings. The third-order valence-corrected chi connectivity index (χ3v) is 7.35. The van der Waals surface area contributed by atoms with Gasteiger partial charge in [-0.3, -0.25) is 9.88 Å². The van der Waals surface area contributed by atoms with Crippen LogP contribution in [-0.4, -0.2) is 49.2 Å². The molecule has 0 amide bonds. The number of ether oxygens (including phenoxy) is 3. The first-order valence-electron chi connectivity index (χ1n) is 11.8. The van der Waals surface area contributed by atoms with Crippen molar-refractivity contribution in [3.05, 3.63) is 78.5 Å². The first-order chi connectivity index (χ1) is 16.6. The molecule has 2 bridgehead atoms. The molecular formula is C28H30N2O4. The molecule has 5 unspecified atom stereocenters. The Labute approximate surface area is 200 Å². The van der Waals surface area contributed by atoms with Crippen molar-refractivity contribution in [1.82, 2.24) is 9.88 Å². The molecule has 0 spiro atoms. The number of fused-ring (bicyclic) bond motifs is 4. The van der Waals surface area contributed by atoms with Gasteiger partial charge in [0, 0.05) is 23.7 Å². The second-order valence-electron chi connectivity index (χ2n) is 9.08. The van der Waals surface area contributed by atoms with Crippen molar-refractivity contribution in [2.24, 2.45) is 11.8 Å². The normalized spacial score (nSPS) is 24.4. The SMILES string of the molecule is C=CC1CN2CCC1CC2C(OC(=O)c1ccc(OC)cc1)c1ccnc2ccc(OC)cc12. The van der Waals surface area contributed by atoms with Crippen molar-refractivity contribution in [2.75, 3.05) is 27.3 Å². The van der Waals surface area contributed by atoms with Gasteiger partial charge in [-0.1, -0.05) is 6.08 Å². The van der Waals surface area contributed by atoms with Gasteiger partial charge in [0.25, 0.3) is 0 Å². The molecule has 34 heavy (non-hydrogen) atoms. The number of piperidine rings is 3. The van der Waals surface area contributed by atoms with Gasteiger partial charge in [0.05, 0.1) is 31.3 Å². The molecule has 3 aliphatic rings. The van der Waals surface area contributed by atoms with Gasteiger partial charge in [-0.05, 0) is 79.8 Å². The van der Waals surface area contributed by atoms with Crippen LogP contribution in [0.5, 0.6) is 11.5 Å². The van der Waals surface area contributed by atoms with E-state index in [9.17, 15) is 4.79 Å². The van der Waals surface area contributed by atoms with Crippen molar-refractivity contribution < 1.29 is 19.0 Å². The topological polar surface area (TPSA) is 60.9 Å². The summed E-state index contributed by atoms with van der Waals surface area (Å²) in [7, 11) is 3.26. The standard InChI is InChI=1S/C28H30N2O4/c1-4-18-17-30-14-12-20(18)15-26(30)27(34-28(31)19-5-7-21(32-2)8-6-19)23-11-13-29-25-10-9-22(33-3)16-24(23)25/h4-11,13,16,18,20,26-27H,1,12,14-15,17H2,2-3H3. The number of carbonyl (C=O) groups excluding carboxylic acids is 1. The fourth-order valence-electron chi connectivity index (χ4n) is 5.47. The summed E-state index contributed by atoms with van der Waals surface area (Å²) in [6.07, 6.45) is 5.56. The van der Waals surface area contributed by atoms with Crippen LogP contribution >= 0.6 is 0 Å². The Kier molecular flexibility index (Phi) is 6.24. The molecule has 3 aliphatic heterocycles. The Morgan fingerprint density at radius 1 is 1.12 bits per heavy atom. The maximum Gasteiger partial charge on any atom is 0.338 e. The number of pyridine rings is 1. The van der Waals surface area contributed by atoms with Crippen LogP contribution < -0.4 is 9.47 Å². The monoisotopic (exact) mass is 458 g/mol. The van der Waals surface area contributed by atoms with Crippen LogP contribution in [0.25, 0.3) is 10.9 Å². The number of carbonyl (C=O) groups is 1. The lowest BCUT2D eigenvalue weighted by Crippen LogP contribution is -2.55. The molecule has 4 heterocycles. The Morgan fingerprint density at radius 3 is 2.56 bits per heavy atom. The molecule has 3 aromatic rings. The number of aromatic nitrogens is 1. The third-order valence-electron chi connectivity index (χ3n) is 7.35. The molecule has 6 rings (SSSR count). The van der Waals surface area contributed by atoms with Gasteiger partial charge in [0.1, 0.15) is 17.6 Å². The third kappa shape index (κ3) is 4.14. The number of esters is 1. The van der Waals surface area contributed by atoms with Crippen LogP contribution in [-0.2, 0) is 4.74 Å². The number of nitrogens with zero attached hydrogens (tertiary/aromatic N) is 2. The Hall–Kier alpha value is -3.38. The Balaban J connectivity index is 1.54. The number of rotatable bonds is 7. The van der Waals surface area contributed by atoms with Gasteiger partial charge in [-0.15, -0.1) is 6.58 Å². The highest BCUT2D eigenvalue weighted by Gasteiger charge is 2.44. The molecule has 3 saturated heterocycles. The van der Waals surface area contributed by atoms with Crippen LogP contribution in [0.1, 0.15) is 34.9 Å². The lowest BCUT2D eigenvalue weighted by Gasteiger charge is -2.51. The van der Waals surface area contributed by atoms with E-state index in [1.807, 2.05) is 24.3 Å². The molecule has 176 valence electrons. The van der Waals surface area contributed by atoms with Gasteiger partial charge in [0.15, 0.2) is 0 Å². The quantitative estimate of drug-likeness (QED) is 0.365. The summed E-state index contributed by atoms with van der Waals surface area (Å²) in [4.78, 5) is 20.3. The van der Waals surface area contributed by atoms with Crippen LogP contribution in [0.2, 0.25) is 0 Å². The number of benzene rings is 2. The molecule has 0 radical (unpaired) electrons. The van der Waals surface area contributed by atoms with E-state index >= 15 is 0 Å². The summed E-state index contributed by atoms with van der Waals surface area (Å²) in [5.74, 6) is 2.14. The van der Waals surface area contributed by atoms with Crippen molar-refractivity contribution in [2.45, 2.75) is 25.0 Å². The first kappa shape index (κ1) is 22.4. The average Bonchev–Trinajstić information content (AvgIpc) is 2.91. The minimum atomic E-state index is -0.430. The van der Waals surface area contributed by atoms with E-state index in [1.165, 1.54) is 0 Å². The number of hydrogen-bond donors (Lipinski definition) is 0. The Bertz CT molecular complexity index is 1190. The van der Waals surface area contributed by atoms with E-state index < -0.39 is 6.10 Å². The molecule has 0 saturated carbocycles. The van der Waals surface area contributed by atoms with E-state index in [2.05, 4.69) is 22.5 Å². The summed E-state index contributed by atoms with van der Waals surface area (Å²) in [6.45, 7) is 6.00. The highest BCUT2D eigenvalue weighted by Crippen LogP contribution is 2.44. The highest BCUT2D eigenvalue weighted by atomic mass is 16.5. The summed E-state index contributed by atoms with van der Waals surface area (Å²) in [5, 5.41) is 0.942. The van der Waals surface area contributed by atoms with Gasteiger partial charge >= 0.3 is 5.97 Å². The van der Waals surface area contributed by atoms with Crippen molar-refractivity contribution in [3.63, 3.8) is 0 Å². The molecule has 6 heteroatoms. The average molecular weight is 459 g/mol. The van der Waals surface area contributed by atoms with Gasteiger partial charge in [0.2, 0.25) is 0 Å². The fraction of sp³-hybridized carbons (Fsp3) is 0.357. The lowest BCUT2D eigenvalue weighted by molar-refractivity contribution is -0.0568. The highest BCUT2D eigenvalue weighted by molar-refractivity contribution is 5.90. The zero-order chi connectivity index (χ0) is 23.7. The zero-order valence-corrected chi connectivity index (χ0v) is 19.6. The maximum atomic E-state index is 13.3. The molecule has 2 aromatic carbocycles. The number of methoxy groups -OCH3 is 2. The van der Waals surface area contributed by atoms with E-state index in [1.54, 1.807) is 44.7 Å². The summed E-state index contributed by atoms with van der Waals surface area (Å²) < 4.78 is 17.0. The van der Waals surface area contributed by atoms with Crippen LogP contribution in [0.4, 0.5) is 0 Å². The zero-order valence-electron chi connectivity index (χ0n) is 19.6. The summed E-state index contributed by atoms with van der Waals surface area (Å²) in [5.41, 5.74) is 2.31. The molecule has 5 atom stereocenters. The number of hydrogen-bond acceptors (Lipinski definition) is 6.